The standard InChI is InChI=1S/C19H19Cl2N3O/c1-24(17(9-10-22)12-5-3-2-4-6-12)19(25)16-11-13-15(23-16)8-7-14(20)18(13)21/h2-8,11,17,23H,9-10,22H2,1H3. The molecule has 0 saturated carbocycles. The van der Waals surface area contributed by atoms with E-state index in [4.69, 9.17) is 28.9 Å². The maximum Gasteiger partial charge on any atom is 0.270 e. The molecular formula is C19H19Cl2N3O. The average molecular weight is 376 g/mol. The van der Waals surface area contributed by atoms with Gasteiger partial charge >= 0.3 is 0 Å². The first-order chi connectivity index (χ1) is 12.0. The number of nitrogens with one attached hydrogen (secondary N) is 1. The van der Waals surface area contributed by atoms with Gasteiger partial charge in [-0.1, -0.05) is 53.5 Å². The fraction of sp³-hybridized carbons (Fsp3) is 0.211. The maximum absolute atomic E-state index is 13.0. The highest BCUT2D eigenvalue weighted by molar-refractivity contribution is 6.45. The van der Waals surface area contributed by atoms with E-state index in [1.54, 1.807) is 24.1 Å². The van der Waals surface area contributed by atoms with Gasteiger partial charge in [-0.2, -0.15) is 0 Å². The Bertz CT molecular complexity index is 892. The number of rotatable bonds is 5. The van der Waals surface area contributed by atoms with Crippen molar-refractivity contribution in [2.75, 3.05) is 13.6 Å². The lowest BCUT2D eigenvalue weighted by Gasteiger charge is -2.28. The lowest BCUT2D eigenvalue weighted by molar-refractivity contribution is 0.0719. The summed E-state index contributed by atoms with van der Waals surface area (Å²) in [6, 6.07) is 15.1. The third kappa shape index (κ3) is 3.52. The highest BCUT2D eigenvalue weighted by Crippen LogP contribution is 2.32. The summed E-state index contributed by atoms with van der Waals surface area (Å²) in [6.07, 6.45) is 0.680. The van der Waals surface area contributed by atoms with Crippen LogP contribution in [-0.4, -0.2) is 29.4 Å². The summed E-state index contributed by atoms with van der Waals surface area (Å²) in [5, 5.41) is 1.64. The Morgan fingerprint density at radius 1 is 1.20 bits per heavy atom. The van der Waals surface area contributed by atoms with Gasteiger partial charge < -0.3 is 15.6 Å². The van der Waals surface area contributed by atoms with Gasteiger partial charge in [-0.3, -0.25) is 4.79 Å². The molecule has 0 saturated heterocycles. The molecule has 1 unspecified atom stereocenters. The number of H-pyrrole nitrogens is 1. The van der Waals surface area contributed by atoms with Gasteiger partial charge in [0.05, 0.1) is 16.1 Å². The van der Waals surface area contributed by atoms with Crippen LogP contribution in [0.3, 0.4) is 0 Å². The number of aromatic nitrogens is 1. The van der Waals surface area contributed by atoms with Gasteiger partial charge in [-0.05, 0) is 36.7 Å². The lowest BCUT2D eigenvalue weighted by atomic mass is 10.0. The molecule has 4 nitrogen and oxygen atoms in total. The molecule has 1 atom stereocenters. The Balaban J connectivity index is 1.94. The summed E-state index contributed by atoms with van der Waals surface area (Å²) in [5.74, 6) is -0.120. The Hall–Kier alpha value is -2.01. The van der Waals surface area contributed by atoms with Gasteiger partial charge in [0.2, 0.25) is 0 Å². The van der Waals surface area contributed by atoms with Crippen LogP contribution in [0.1, 0.15) is 28.5 Å². The number of hydrogen-bond donors (Lipinski definition) is 2. The van der Waals surface area contributed by atoms with Gasteiger partial charge in [0, 0.05) is 18.0 Å². The average Bonchev–Trinajstić information content (AvgIpc) is 3.07. The molecule has 0 radical (unpaired) electrons. The second-order valence-corrected chi connectivity index (χ2v) is 6.71. The van der Waals surface area contributed by atoms with Crippen LogP contribution in [0.15, 0.2) is 48.5 Å². The van der Waals surface area contributed by atoms with Crippen LogP contribution in [0.2, 0.25) is 10.0 Å². The van der Waals surface area contributed by atoms with Crippen molar-refractivity contribution in [1.82, 2.24) is 9.88 Å². The van der Waals surface area contributed by atoms with E-state index in [1.165, 1.54) is 0 Å². The zero-order valence-electron chi connectivity index (χ0n) is 13.8. The molecule has 0 spiro atoms. The minimum Gasteiger partial charge on any atom is -0.350 e. The van der Waals surface area contributed by atoms with Gasteiger partial charge in [-0.25, -0.2) is 0 Å². The van der Waals surface area contributed by atoms with E-state index in [0.717, 1.165) is 16.5 Å². The topological polar surface area (TPSA) is 62.1 Å². The van der Waals surface area contributed by atoms with E-state index in [0.29, 0.717) is 28.7 Å². The molecule has 2 aromatic carbocycles. The van der Waals surface area contributed by atoms with Crippen LogP contribution < -0.4 is 5.73 Å². The van der Waals surface area contributed by atoms with E-state index in [2.05, 4.69) is 4.98 Å². The van der Waals surface area contributed by atoms with Crippen LogP contribution in [0.4, 0.5) is 0 Å². The smallest absolute Gasteiger partial charge is 0.270 e. The first-order valence-corrected chi connectivity index (χ1v) is 8.77. The van der Waals surface area contributed by atoms with E-state index in [9.17, 15) is 4.79 Å². The van der Waals surface area contributed by atoms with Crippen molar-refractivity contribution < 1.29 is 4.79 Å². The van der Waals surface area contributed by atoms with Gasteiger partial charge in [-0.15, -0.1) is 0 Å². The fourth-order valence-corrected chi connectivity index (χ4v) is 3.39. The Labute approximate surface area is 156 Å². The zero-order chi connectivity index (χ0) is 18.0. The normalized spacial score (nSPS) is 12.3. The number of benzene rings is 2. The molecule has 6 heteroatoms. The molecule has 0 fully saturated rings. The SMILES string of the molecule is CN(C(=O)c1cc2c(Cl)c(Cl)ccc2[nH]1)C(CCN)c1ccccc1. The monoisotopic (exact) mass is 375 g/mol. The van der Waals surface area contributed by atoms with Crippen LogP contribution in [0.5, 0.6) is 0 Å². The van der Waals surface area contributed by atoms with Crippen molar-refractivity contribution in [1.29, 1.82) is 0 Å². The van der Waals surface area contributed by atoms with Crippen molar-refractivity contribution in [3.05, 3.63) is 69.8 Å². The molecule has 1 heterocycles. The van der Waals surface area contributed by atoms with Crippen LogP contribution in [0, 0.1) is 0 Å². The second-order valence-electron chi connectivity index (χ2n) is 5.93. The molecule has 0 aliphatic heterocycles. The minimum absolute atomic E-state index is 0.0934. The molecule has 130 valence electrons. The van der Waals surface area contributed by atoms with Crippen molar-refractivity contribution >= 4 is 40.0 Å². The molecule has 0 aliphatic rings. The minimum atomic E-state index is -0.120. The summed E-state index contributed by atoms with van der Waals surface area (Å²) in [6.45, 7) is 0.491. The summed E-state index contributed by atoms with van der Waals surface area (Å²) < 4.78 is 0. The molecule has 3 rings (SSSR count). The molecule has 25 heavy (non-hydrogen) atoms. The predicted molar refractivity (Wildman–Crippen MR) is 103 cm³/mol. The number of halogens is 2. The Morgan fingerprint density at radius 3 is 2.60 bits per heavy atom. The molecule has 1 amide bonds. The summed E-state index contributed by atoms with van der Waals surface area (Å²) in [5.41, 5.74) is 8.07. The van der Waals surface area contributed by atoms with Crippen molar-refractivity contribution in [3.63, 3.8) is 0 Å². The van der Waals surface area contributed by atoms with Crippen molar-refractivity contribution in [2.24, 2.45) is 5.73 Å². The number of carbonyl (C=O) groups excluding carboxylic acids is 1. The quantitative estimate of drug-likeness (QED) is 0.682. The van der Waals surface area contributed by atoms with Crippen LogP contribution in [0.25, 0.3) is 10.9 Å². The van der Waals surface area contributed by atoms with Crippen molar-refractivity contribution in [2.45, 2.75) is 12.5 Å². The van der Waals surface area contributed by atoms with E-state index in [1.807, 2.05) is 36.4 Å². The van der Waals surface area contributed by atoms with E-state index in [-0.39, 0.29) is 11.9 Å². The molecule has 0 bridgehead atoms. The maximum atomic E-state index is 13.0. The van der Waals surface area contributed by atoms with Crippen LogP contribution in [-0.2, 0) is 0 Å². The van der Waals surface area contributed by atoms with E-state index >= 15 is 0 Å². The molecule has 3 aromatic rings. The second kappa shape index (κ2) is 7.48. The zero-order valence-corrected chi connectivity index (χ0v) is 15.3. The van der Waals surface area contributed by atoms with Crippen molar-refractivity contribution in [3.8, 4) is 0 Å². The molecule has 1 aromatic heterocycles. The fourth-order valence-electron chi connectivity index (χ4n) is 3.01. The molecular weight excluding hydrogens is 357 g/mol. The number of amides is 1. The Morgan fingerprint density at radius 2 is 1.92 bits per heavy atom. The first kappa shape index (κ1) is 17.8. The summed E-state index contributed by atoms with van der Waals surface area (Å²) in [4.78, 5) is 17.8. The number of fused-ring (bicyclic) bond motifs is 1. The predicted octanol–water partition coefficient (Wildman–Crippen LogP) is 4.64. The Kier molecular flexibility index (Phi) is 5.33. The van der Waals surface area contributed by atoms with Gasteiger partial charge in [0.15, 0.2) is 0 Å². The van der Waals surface area contributed by atoms with Gasteiger partial charge in [0.25, 0.3) is 5.91 Å². The number of nitrogens with zero attached hydrogens (tertiary/aromatic N) is 1. The lowest BCUT2D eigenvalue weighted by Crippen LogP contribution is -2.32. The first-order valence-electron chi connectivity index (χ1n) is 8.01. The molecule has 3 N–H and O–H groups in total. The number of nitrogens with two attached hydrogens (primary N) is 1. The molecule has 0 aliphatic carbocycles. The van der Waals surface area contributed by atoms with Crippen LogP contribution >= 0.6 is 23.2 Å². The number of aromatic amines is 1. The van der Waals surface area contributed by atoms with Gasteiger partial charge in [0.1, 0.15) is 5.69 Å². The third-order valence-electron chi connectivity index (χ3n) is 4.33. The summed E-state index contributed by atoms with van der Waals surface area (Å²) >= 11 is 12.3. The number of hydrogen-bond acceptors (Lipinski definition) is 2. The number of carbonyl (C=O) groups is 1. The largest absolute Gasteiger partial charge is 0.350 e. The highest BCUT2D eigenvalue weighted by Gasteiger charge is 2.23. The highest BCUT2D eigenvalue weighted by atomic mass is 35.5. The van der Waals surface area contributed by atoms with E-state index < -0.39 is 0 Å². The third-order valence-corrected chi connectivity index (χ3v) is 5.15. The summed E-state index contributed by atoms with van der Waals surface area (Å²) in [7, 11) is 1.79.